The highest BCUT2D eigenvalue weighted by molar-refractivity contribution is 6.05. The summed E-state index contributed by atoms with van der Waals surface area (Å²) in [5, 5.41) is 0. The summed E-state index contributed by atoms with van der Waals surface area (Å²) in [4.78, 5) is 13.5. The lowest BCUT2D eigenvalue weighted by Crippen LogP contribution is -2.52. The first-order valence-electron chi connectivity index (χ1n) is 11.8. The van der Waals surface area contributed by atoms with E-state index < -0.39 is 0 Å². The second-order valence-corrected chi connectivity index (χ2v) is 10.8. The van der Waals surface area contributed by atoms with Gasteiger partial charge in [-0.3, -0.25) is 4.79 Å². The molecular formula is C27H36O2. The van der Waals surface area contributed by atoms with Gasteiger partial charge in [0.05, 0.1) is 7.11 Å². The maximum Gasteiger partial charge on any atom is 0.165 e. The highest BCUT2D eigenvalue weighted by Crippen LogP contribution is 2.66. The molecular weight excluding hydrogens is 356 g/mol. The van der Waals surface area contributed by atoms with Crippen molar-refractivity contribution in [3.05, 3.63) is 35.4 Å². The molecule has 1 aromatic rings. The molecule has 0 amide bonds. The summed E-state index contributed by atoms with van der Waals surface area (Å²) in [6.07, 6.45) is 14.0. The fourth-order valence-electron chi connectivity index (χ4n) is 8.00. The molecule has 6 atom stereocenters. The lowest BCUT2D eigenvalue weighted by atomic mass is 9.45. The van der Waals surface area contributed by atoms with Crippen LogP contribution < -0.4 is 4.74 Å². The van der Waals surface area contributed by atoms with Crippen molar-refractivity contribution in [3.8, 4) is 5.75 Å². The number of carbonyl (C=O) groups is 1. The third-order valence-corrected chi connectivity index (χ3v) is 9.68. The minimum absolute atomic E-state index is 0.128. The highest BCUT2D eigenvalue weighted by atomic mass is 16.5. The molecule has 0 bridgehead atoms. The van der Waals surface area contributed by atoms with Crippen LogP contribution in [0.1, 0.15) is 77.2 Å². The Bertz CT molecular complexity index is 821. The lowest BCUT2D eigenvalue weighted by molar-refractivity contribution is -0.137. The molecule has 4 saturated carbocycles. The zero-order chi connectivity index (χ0) is 20.2. The quantitative estimate of drug-likeness (QED) is 0.524. The highest BCUT2D eigenvalue weighted by Gasteiger charge is 2.60. The smallest absolute Gasteiger partial charge is 0.165 e. The summed E-state index contributed by atoms with van der Waals surface area (Å²) in [5.74, 6) is 4.39. The Hall–Kier alpha value is -1.57. The van der Waals surface area contributed by atoms with Crippen LogP contribution in [0, 0.1) is 34.5 Å². The van der Waals surface area contributed by atoms with Crippen molar-refractivity contribution in [2.75, 3.05) is 7.11 Å². The average Bonchev–Trinajstić information content (AvgIpc) is 2.99. The zero-order valence-corrected chi connectivity index (χ0v) is 18.4. The predicted octanol–water partition coefficient (Wildman–Crippen LogP) is 6.69. The van der Waals surface area contributed by atoms with Crippen molar-refractivity contribution in [1.29, 1.82) is 0 Å². The largest absolute Gasteiger partial charge is 0.497 e. The number of methoxy groups -OCH3 is 1. The molecule has 4 fully saturated rings. The number of ether oxygens (including phenoxy) is 1. The summed E-state index contributed by atoms with van der Waals surface area (Å²) < 4.78 is 5.28. The van der Waals surface area contributed by atoms with Crippen LogP contribution in [0.25, 0.3) is 6.08 Å². The van der Waals surface area contributed by atoms with Crippen LogP contribution in [-0.2, 0) is 4.79 Å². The summed E-state index contributed by atoms with van der Waals surface area (Å²) >= 11 is 0. The molecule has 0 heterocycles. The number of allylic oxidation sites excluding steroid dienone is 1. The fraction of sp³-hybridized carbons (Fsp3) is 0.667. The number of ketones is 1. The molecule has 29 heavy (non-hydrogen) atoms. The molecule has 1 aromatic carbocycles. The standard InChI is InChI=1S/C27H36O2/c1-26-14-5-4-6-20(26)9-12-22-23(26)13-15-27(2)24(22)17-19(25(27)28)16-18-7-10-21(29-3)11-8-18/h7-8,10-11,16,20,22-24H,4-6,9,12-15,17H2,1-3H3/b19-16+/t20-,22+,23-,24+,26-,27-/m0/s1. The second kappa shape index (κ2) is 7.00. The third kappa shape index (κ3) is 2.93. The van der Waals surface area contributed by atoms with Crippen LogP contribution in [0.4, 0.5) is 0 Å². The molecule has 4 aliphatic rings. The predicted molar refractivity (Wildman–Crippen MR) is 118 cm³/mol. The van der Waals surface area contributed by atoms with E-state index >= 15 is 0 Å². The molecule has 5 rings (SSSR count). The Balaban J connectivity index is 1.43. The molecule has 2 heteroatoms. The van der Waals surface area contributed by atoms with Crippen molar-refractivity contribution in [2.24, 2.45) is 34.5 Å². The summed E-state index contributed by atoms with van der Waals surface area (Å²) in [6.45, 7) is 4.90. The Kier molecular flexibility index (Phi) is 4.68. The maximum atomic E-state index is 13.5. The van der Waals surface area contributed by atoms with Gasteiger partial charge >= 0.3 is 0 Å². The van der Waals surface area contributed by atoms with Gasteiger partial charge in [-0.2, -0.15) is 0 Å². The number of rotatable bonds is 2. The van der Waals surface area contributed by atoms with E-state index in [0.29, 0.717) is 17.1 Å². The summed E-state index contributed by atoms with van der Waals surface area (Å²) in [5.41, 5.74) is 2.60. The van der Waals surface area contributed by atoms with Gasteiger partial charge in [0.2, 0.25) is 0 Å². The van der Waals surface area contributed by atoms with E-state index in [-0.39, 0.29) is 5.41 Å². The fourth-order valence-corrected chi connectivity index (χ4v) is 8.00. The average molecular weight is 393 g/mol. The van der Waals surface area contributed by atoms with E-state index in [0.717, 1.165) is 47.5 Å². The van der Waals surface area contributed by atoms with Gasteiger partial charge in [-0.25, -0.2) is 0 Å². The monoisotopic (exact) mass is 392 g/mol. The molecule has 0 unspecified atom stereocenters. The minimum Gasteiger partial charge on any atom is -0.497 e. The molecule has 4 aliphatic carbocycles. The lowest BCUT2D eigenvalue weighted by Gasteiger charge is -2.59. The number of benzene rings is 1. The van der Waals surface area contributed by atoms with E-state index in [1.54, 1.807) is 7.11 Å². The van der Waals surface area contributed by atoms with Gasteiger partial charge in [-0.1, -0.05) is 38.8 Å². The molecule has 0 N–H and O–H groups in total. The van der Waals surface area contributed by atoms with Gasteiger partial charge in [-0.05, 0) is 103 Å². The van der Waals surface area contributed by atoms with Gasteiger partial charge in [-0.15, -0.1) is 0 Å². The van der Waals surface area contributed by atoms with Crippen LogP contribution in [0.15, 0.2) is 29.8 Å². The van der Waals surface area contributed by atoms with Crippen molar-refractivity contribution in [1.82, 2.24) is 0 Å². The van der Waals surface area contributed by atoms with Crippen LogP contribution in [0.3, 0.4) is 0 Å². The van der Waals surface area contributed by atoms with Crippen molar-refractivity contribution in [3.63, 3.8) is 0 Å². The topological polar surface area (TPSA) is 26.3 Å². The van der Waals surface area contributed by atoms with Crippen molar-refractivity contribution >= 4 is 11.9 Å². The van der Waals surface area contributed by atoms with Crippen LogP contribution in [0.2, 0.25) is 0 Å². The SMILES string of the molecule is COc1ccc(/C=C2\C[C@@H]3[C@@H]4CC[C@@H]5CCCC[C@]5(C)[C@H]4CC[C@]3(C)C2=O)cc1. The number of carbonyl (C=O) groups excluding carboxylic acids is 1. The van der Waals surface area contributed by atoms with Crippen LogP contribution in [-0.4, -0.2) is 12.9 Å². The first-order chi connectivity index (χ1) is 14.0. The molecule has 0 aromatic heterocycles. The van der Waals surface area contributed by atoms with E-state index in [2.05, 4.69) is 32.1 Å². The third-order valence-electron chi connectivity index (χ3n) is 9.68. The Morgan fingerprint density at radius 1 is 0.966 bits per heavy atom. The van der Waals surface area contributed by atoms with Gasteiger partial charge in [0.25, 0.3) is 0 Å². The summed E-state index contributed by atoms with van der Waals surface area (Å²) in [7, 11) is 1.69. The van der Waals surface area contributed by atoms with E-state index in [1.165, 1.54) is 44.9 Å². The van der Waals surface area contributed by atoms with E-state index in [4.69, 9.17) is 4.74 Å². The summed E-state index contributed by atoms with van der Waals surface area (Å²) in [6, 6.07) is 8.12. The van der Waals surface area contributed by atoms with E-state index in [9.17, 15) is 4.79 Å². The number of hydrogen-bond donors (Lipinski definition) is 0. The van der Waals surface area contributed by atoms with Gasteiger partial charge in [0.15, 0.2) is 5.78 Å². The molecule has 0 radical (unpaired) electrons. The number of fused-ring (bicyclic) bond motifs is 5. The molecule has 0 saturated heterocycles. The maximum absolute atomic E-state index is 13.5. The normalized spacial score (nSPS) is 42.9. The first kappa shape index (κ1) is 19.4. The Labute approximate surface area is 176 Å². The second-order valence-electron chi connectivity index (χ2n) is 10.8. The zero-order valence-electron chi connectivity index (χ0n) is 18.4. The van der Waals surface area contributed by atoms with Crippen molar-refractivity contribution < 1.29 is 9.53 Å². The van der Waals surface area contributed by atoms with Crippen LogP contribution in [0.5, 0.6) is 5.75 Å². The molecule has 0 aliphatic heterocycles. The van der Waals surface area contributed by atoms with Gasteiger partial charge in [0, 0.05) is 5.41 Å². The van der Waals surface area contributed by atoms with Gasteiger partial charge < -0.3 is 4.74 Å². The Morgan fingerprint density at radius 3 is 2.52 bits per heavy atom. The minimum atomic E-state index is -0.128. The molecule has 2 nitrogen and oxygen atoms in total. The Morgan fingerprint density at radius 2 is 1.76 bits per heavy atom. The van der Waals surface area contributed by atoms with Crippen LogP contribution >= 0.6 is 0 Å². The number of hydrogen-bond acceptors (Lipinski definition) is 2. The molecule has 0 spiro atoms. The van der Waals surface area contributed by atoms with Gasteiger partial charge in [0.1, 0.15) is 5.75 Å². The molecule has 156 valence electrons. The number of Topliss-reactive ketones (excluding diaryl/α,β-unsaturated/α-hetero) is 1. The van der Waals surface area contributed by atoms with Crippen molar-refractivity contribution in [2.45, 2.75) is 71.6 Å². The first-order valence-corrected chi connectivity index (χ1v) is 11.8. The van der Waals surface area contributed by atoms with E-state index in [1.807, 2.05) is 12.1 Å².